The molecule has 1 heterocycles. The summed E-state index contributed by atoms with van der Waals surface area (Å²) >= 11 is 3.57. The number of nitrogens with one attached hydrogen (secondary N) is 1. The maximum absolute atomic E-state index is 5.88. The van der Waals surface area contributed by atoms with E-state index < -0.39 is 0 Å². The lowest BCUT2D eigenvalue weighted by molar-refractivity contribution is 0.0618. The largest absolute Gasteiger partial charge is 0.496 e. The van der Waals surface area contributed by atoms with Gasteiger partial charge in [0.2, 0.25) is 0 Å². The van der Waals surface area contributed by atoms with Crippen molar-refractivity contribution in [3.05, 3.63) is 28.2 Å². The average molecular weight is 356 g/mol. The Kier molecular flexibility index (Phi) is 5.69. The maximum atomic E-state index is 5.88. The summed E-state index contributed by atoms with van der Waals surface area (Å²) in [6, 6.07) is 6.71. The summed E-state index contributed by atoms with van der Waals surface area (Å²) in [6.45, 7) is 8.39. The van der Waals surface area contributed by atoms with Crippen LogP contribution in [-0.2, 0) is 11.2 Å². The van der Waals surface area contributed by atoms with Crippen molar-refractivity contribution in [1.29, 1.82) is 0 Å². The molecule has 4 heteroatoms. The number of benzene rings is 1. The molecule has 2 rings (SSSR count). The highest BCUT2D eigenvalue weighted by atomic mass is 79.9. The molecule has 21 heavy (non-hydrogen) atoms. The summed E-state index contributed by atoms with van der Waals surface area (Å²) in [7, 11) is 1.74. The van der Waals surface area contributed by atoms with Crippen molar-refractivity contribution in [1.82, 2.24) is 5.32 Å². The standard InChI is InChI=1S/C17H26BrNO2/c1-12(2)19-11-17(7-8-21-13(17)3)10-14-9-15(18)5-6-16(14)20-4/h5-6,9,12-13,19H,7-8,10-11H2,1-4H3. The Balaban J connectivity index is 2.25. The predicted molar refractivity (Wildman–Crippen MR) is 90.0 cm³/mol. The molecule has 0 aliphatic carbocycles. The van der Waals surface area contributed by atoms with Gasteiger partial charge in [-0.15, -0.1) is 0 Å². The molecule has 2 atom stereocenters. The molecule has 1 aromatic rings. The molecule has 1 aromatic carbocycles. The second-order valence-electron chi connectivity index (χ2n) is 6.29. The summed E-state index contributed by atoms with van der Waals surface area (Å²) in [4.78, 5) is 0. The van der Waals surface area contributed by atoms with E-state index in [1.165, 1.54) is 5.56 Å². The zero-order chi connectivity index (χ0) is 15.5. The second-order valence-corrected chi connectivity index (χ2v) is 7.21. The van der Waals surface area contributed by atoms with Gasteiger partial charge in [-0.3, -0.25) is 0 Å². The molecule has 2 unspecified atom stereocenters. The Morgan fingerprint density at radius 1 is 1.48 bits per heavy atom. The van der Waals surface area contributed by atoms with Gasteiger partial charge in [-0.1, -0.05) is 29.8 Å². The van der Waals surface area contributed by atoms with Crippen molar-refractivity contribution in [3.63, 3.8) is 0 Å². The highest BCUT2D eigenvalue weighted by Gasteiger charge is 2.41. The zero-order valence-corrected chi connectivity index (χ0v) is 15.0. The van der Waals surface area contributed by atoms with Crippen molar-refractivity contribution in [3.8, 4) is 5.75 Å². The molecule has 118 valence electrons. The maximum Gasteiger partial charge on any atom is 0.122 e. The van der Waals surface area contributed by atoms with E-state index in [2.05, 4.69) is 48.1 Å². The van der Waals surface area contributed by atoms with Crippen LogP contribution >= 0.6 is 15.9 Å². The van der Waals surface area contributed by atoms with Crippen LogP contribution in [0.15, 0.2) is 22.7 Å². The third-order valence-corrected chi connectivity index (χ3v) is 4.97. The fourth-order valence-electron chi connectivity index (χ4n) is 3.02. The summed E-state index contributed by atoms with van der Waals surface area (Å²) in [5.74, 6) is 0.959. The molecule has 1 N–H and O–H groups in total. The molecule has 1 aliphatic rings. The first kappa shape index (κ1) is 16.8. The second kappa shape index (κ2) is 7.12. The number of rotatable bonds is 6. The molecule has 1 saturated heterocycles. The van der Waals surface area contributed by atoms with Gasteiger partial charge >= 0.3 is 0 Å². The fourth-order valence-corrected chi connectivity index (χ4v) is 3.43. The van der Waals surface area contributed by atoms with Gasteiger partial charge in [-0.05, 0) is 43.5 Å². The molecule has 0 saturated carbocycles. The Morgan fingerprint density at radius 3 is 2.81 bits per heavy atom. The summed E-state index contributed by atoms with van der Waals surface area (Å²) in [5, 5.41) is 3.60. The Labute approximate surface area is 136 Å². The SMILES string of the molecule is COc1ccc(Br)cc1CC1(CNC(C)C)CCOC1C. The first-order valence-corrected chi connectivity index (χ1v) is 8.43. The van der Waals surface area contributed by atoms with Crippen molar-refractivity contribution in [2.45, 2.75) is 45.8 Å². The van der Waals surface area contributed by atoms with Gasteiger partial charge in [0.05, 0.1) is 13.2 Å². The molecule has 0 aromatic heterocycles. The van der Waals surface area contributed by atoms with E-state index in [1.54, 1.807) is 7.11 Å². The van der Waals surface area contributed by atoms with Crippen molar-refractivity contribution in [2.24, 2.45) is 5.41 Å². The van der Waals surface area contributed by atoms with Crippen LogP contribution in [0.4, 0.5) is 0 Å². The van der Waals surface area contributed by atoms with Crippen LogP contribution in [0.1, 0.15) is 32.8 Å². The number of ether oxygens (including phenoxy) is 2. The van der Waals surface area contributed by atoms with Gasteiger partial charge in [-0.2, -0.15) is 0 Å². The van der Waals surface area contributed by atoms with Gasteiger partial charge < -0.3 is 14.8 Å². The average Bonchev–Trinajstić information content (AvgIpc) is 2.78. The van der Waals surface area contributed by atoms with Gasteiger partial charge in [0.25, 0.3) is 0 Å². The van der Waals surface area contributed by atoms with Crippen molar-refractivity contribution >= 4 is 15.9 Å². The number of halogens is 1. The number of hydrogen-bond donors (Lipinski definition) is 1. The third-order valence-electron chi connectivity index (χ3n) is 4.48. The van der Waals surface area contributed by atoms with Crippen LogP contribution < -0.4 is 10.1 Å². The van der Waals surface area contributed by atoms with Gasteiger partial charge in [0.15, 0.2) is 0 Å². The van der Waals surface area contributed by atoms with E-state index in [0.717, 1.165) is 36.2 Å². The van der Waals surface area contributed by atoms with Gasteiger partial charge in [0.1, 0.15) is 5.75 Å². The van der Waals surface area contributed by atoms with Crippen LogP contribution in [0.2, 0.25) is 0 Å². The molecular weight excluding hydrogens is 330 g/mol. The normalized spacial score (nSPS) is 25.5. The quantitative estimate of drug-likeness (QED) is 0.841. The van der Waals surface area contributed by atoms with E-state index in [0.29, 0.717) is 6.04 Å². The lowest BCUT2D eigenvalue weighted by Crippen LogP contribution is -2.43. The lowest BCUT2D eigenvalue weighted by atomic mass is 9.76. The molecular formula is C17H26BrNO2. The van der Waals surface area contributed by atoms with E-state index in [1.807, 2.05) is 12.1 Å². The van der Waals surface area contributed by atoms with E-state index in [-0.39, 0.29) is 11.5 Å². The molecule has 0 amide bonds. The molecule has 1 aliphatic heterocycles. The fraction of sp³-hybridized carbons (Fsp3) is 0.647. The first-order chi connectivity index (χ1) is 9.97. The predicted octanol–water partition coefficient (Wildman–Crippen LogP) is 3.79. The summed E-state index contributed by atoms with van der Waals surface area (Å²) in [5.41, 5.74) is 1.38. The number of hydrogen-bond acceptors (Lipinski definition) is 3. The smallest absolute Gasteiger partial charge is 0.122 e. The molecule has 0 radical (unpaired) electrons. The zero-order valence-electron chi connectivity index (χ0n) is 13.4. The monoisotopic (exact) mass is 355 g/mol. The molecule has 0 spiro atoms. The summed E-state index contributed by atoms with van der Waals surface area (Å²) < 4.78 is 12.5. The van der Waals surface area contributed by atoms with Crippen molar-refractivity contribution < 1.29 is 9.47 Å². The summed E-state index contributed by atoms with van der Waals surface area (Å²) in [6.07, 6.45) is 2.31. The van der Waals surface area contributed by atoms with Crippen LogP contribution in [0.5, 0.6) is 5.75 Å². The Morgan fingerprint density at radius 2 is 2.24 bits per heavy atom. The van der Waals surface area contributed by atoms with Crippen LogP contribution in [-0.4, -0.2) is 32.4 Å². The van der Waals surface area contributed by atoms with Crippen LogP contribution in [0, 0.1) is 5.41 Å². The molecule has 3 nitrogen and oxygen atoms in total. The molecule has 1 fully saturated rings. The van der Waals surface area contributed by atoms with Gasteiger partial charge in [-0.25, -0.2) is 0 Å². The third kappa shape index (κ3) is 3.99. The van der Waals surface area contributed by atoms with E-state index >= 15 is 0 Å². The lowest BCUT2D eigenvalue weighted by Gasteiger charge is -2.34. The Hall–Kier alpha value is -0.580. The first-order valence-electron chi connectivity index (χ1n) is 7.64. The minimum absolute atomic E-state index is 0.137. The van der Waals surface area contributed by atoms with E-state index in [9.17, 15) is 0 Å². The van der Waals surface area contributed by atoms with Crippen LogP contribution in [0.25, 0.3) is 0 Å². The minimum atomic E-state index is 0.137. The highest BCUT2D eigenvalue weighted by Crippen LogP contribution is 2.40. The molecule has 0 bridgehead atoms. The van der Waals surface area contributed by atoms with Crippen LogP contribution in [0.3, 0.4) is 0 Å². The van der Waals surface area contributed by atoms with E-state index in [4.69, 9.17) is 9.47 Å². The highest BCUT2D eigenvalue weighted by molar-refractivity contribution is 9.10. The van der Waals surface area contributed by atoms with Crippen molar-refractivity contribution in [2.75, 3.05) is 20.3 Å². The minimum Gasteiger partial charge on any atom is -0.496 e. The Bertz CT molecular complexity index is 478. The van der Waals surface area contributed by atoms with Gasteiger partial charge in [0, 0.05) is 29.1 Å². The number of methoxy groups -OCH3 is 1. The topological polar surface area (TPSA) is 30.5 Å².